The molecule has 0 amide bonds. The number of quaternary nitrogens is 1. The Labute approximate surface area is 48.7 Å². The Kier molecular flexibility index (Phi) is 2.27. The van der Waals surface area contributed by atoms with Gasteiger partial charge in [0.1, 0.15) is 12.6 Å². The van der Waals surface area contributed by atoms with Crippen molar-refractivity contribution in [2.24, 2.45) is 0 Å². The highest BCUT2D eigenvalue weighted by Crippen LogP contribution is 1.87. The van der Waals surface area contributed by atoms with Gasteiger partial charge < -0.3 is 15.2 Å². The molecule has 0 saturated carbocycles. The van der Waals surface area contributed by atoms with E-state index in [1.54, 1.807) is 0 Å². The van der Waals surface area contributed by atoms with E-state index in [9.17, 15) is 0 Å². The van der Waals surface area contributed by atoms with Crippen LogP contribution in [-0.4, -0.2) is 37.5 Å². The standard InChI is InChI=1S/C5H11NO2/c7-4-5-3-6-1-2-8-5/h5-7H,1-4H2/p+1/t5-/m1/s1. The molecule has 1 rings (SSSR count). The van der Waals surface area contributed by atoms with E-state index in [2.05, 4.69) is 5.32 Å². The van der Waals surface area contributed by atoms with Crippen molar-refractivity contribution < 1.29 is 15.2 Å². The molecule has 0 radical (unpaired) electrons. The van der Waals surface area contributed by atoms with E-state index in [4.69, 9.17) is 9.84 Å². The first-order chi connectivity index (χ1) is 3.93. The zero-order chi connectivity index (χ0) is 5.82. The molecule has 0 aromatic heterocycles. The highest BCUT2D eigenvalue weighted by molar-refractivity contribution is 4.53. The number of rotatable bonds is 1. The topological polar surface area (TPSA) is 46.1 Å². The van der Waals surface area contributed by atoms with Crippen molar-refractivity contribution in [3.8, 4) is 0 Å². The average Bonchev–Trinajstić information content (AvgIpc) is 1.90. The number of aliphatic hydroxyl groups is 1. The van der Waals surface area contributed by atoms with Crippen LogP contribution in [0.25, 0.3) is 0 Å². The lowest BCUT2D eigenvalue weighted by Gasteiger charge is -2.18. The van der Waals surface area contributed by atoms with Crippen LogP contribution in [0.2, 0.25) is 0 Å². The van der Waals surface area contributed by atoms with Gasteiger partial charge in [0, 0.05) is 0 Å². The summed E-state index contributed by atoms with van der Waals surface area (Å²) >= 11 is 0. The fraction of sp³-hybridized carbons (Fsp3) is 1.00. The van der Waals surface area contributed by atoms with Gasteiger partial charge in [0.15, 0.2) is 0 Å². The van der Waals surface area contributed by atoms with E-state index >= 15 is 0 Å². The van der Waals surface area contributed by atoms with Crippen LogP contribution in [0.15, 0.2) is 0 Å². The second-order valence-corrected chi connectivity index (χ2v) is 1.99. The fourth-order valence-corrected chi connectivity index (χ4v) is 0.817. The molecule has 3 nitrogen and oxygen atoms in total. The predicted molar refractivity (Wildman–Crippen MR) is 28.5 cm³/mol. The zero-order valence-electron chi connectivity index (χ0n) is 4.84. The summed E-state index contributed by atoms with van der Waals surface area (Å²) in [6, 6.07) is 0. The molecule has 8 heavy (non-hydrogen) atoms. The fourth-order valence-electron chi connectivity index (χ4n) is 0.817. The number of nitrogens with two attached hydrogens (primary N) is 1. The van der Waals surface area contributed by atoms with Crippen molar-refractivity contribution in [3.63, 3.8) is 0 Å². The molecule has 0 aliphatic carbocycles. The molecule has 48 valence electrons. The van der Waals surface area contributed by atoms with Crippen LogP contribution in [-0.2, 0) is 4.74 Å². The Morgan fingerprint density at radius 3 is 3.00 bits per heavy atom. The summed E-state index contributed by atoms with van der Waals surface area (Å²) in [5.41, 5.74) is 0. The molecule has 0 spiro atoms. The molecule has 1 saturated heterocycles. The largest absolute Gasteiger partial charge is 0.393 e. The van der Waals surface area contributed by atoms with E-state index in [0.29, 0.717) is 0 Å². The van der Waals surface area contributed by atoms with Crippen LogP contribution >= 0.6 is 0 Å². The summed E-state index contributed by atoms with van der Waals surface area (Å²) in [5, 5.41) is 10.7. The molecular formula is C5H12NO2+. The lowest BCUT2D eigenvalue weighted by Crippen LogP contribution is -2.89. The van der Waals surface area contributed by atoms with Gasteiger partial charge in [-0.15, -0.1) is 0 Å². The van der Waals surface area contributed by atoms with E-state index in [-0.39, 0.29) is 12.7 Å². The highest BCUT2D eigenvalue weighted by atomic mass is 16.5. The Morgan fingerprint density at radius 2 is 2.62 bits per heavy atom. The third-order valence-electron chi connectivity index (χ3n) is 1.31. The molecule has 0 bridgehead atoms. The van der Waals surface area contributed by atoms with Gasteiger partial charge in [-0.05, 0) is 0 Å². The number of morpholine rings is 1. The number of hydrogen-bond acceptors (Lipinski definition) is 2. The molecule has 1 aliphatic heterocycles. The Morgan fingerprint density at radius 1 is 1.75 bits per heavy atom. The normalized spacial score (nSPS) is 30.4. The summed E-state index contributed by atoms with van der Waals surface area (Å²) in [7, 11) is 0. The minimum atomic E-state index is 0.0868. The van der Waals surface area contributed by atoms with Crippen molar-refractivity contribution in [2.45, 2.75) is 6.10 Å². The number of ether oxygens (including phenoxy) is 1. The monoisotopic (exact) mass is 118 g/mol. The number of hydrogen-bond donors (Lipinski definition) is 2. The predicted octanol–water partition coefficient (Wildman–Crippen LogP) is -2.06. The lowest BCUT2D eigenvalue weighted by molar-refractivity contribution is -0.677. The minimum Gasteiger partial charge on any atom is -0.393 e. The van der Waals surface area contributed by atoms with Gasteiger partial charge in [0.25, 0.3) is 0 Å². The second-order valence-electron chi connectivity index (χ2n) is 1.99. The van der Waals surface area contributed by atoms with Gasteiger partial charge >= 0.3 is 0 Å². The second kappa shape index (κ2) is 3.02. The third-order valence-corrected chi connectivity index (χ3v) is 1.31. The Hall–Kier alpha value is -0.120. The summed E-state index contributed by atoms with van der Waals surface area (Å²) in [5.74, 6) is 0. The minimum absolute atomic E-state index is 0.0868. The van der Waals surface area contributed by atoms with Crippen LogP contribution in [0, 0.1) is 0 Å². The van der Waals surface area contributed by atoms with Gasteiger partial charge in [-0.3, -0.25) is 0 Å². The van der Waals surface area contributed by atoms with Crippen molar-refractivity contribution >= 4 is 0 Å². The first kappa shape index (κ1) is 6.01. The molecule has 1 atom stereocenters. The van der Waals surface area contributed by atoms with Gasteiger partial charge in [-0.1, -0.05) is 0 Å². The molecule has 1 heterocycles. The van der Waals surface area contributed by atoms with Gasteiger partial charge in [-0.2, -0.15) is 0 Å². The van der Waals surface area contributed by atoms with Crippen molar-refractivity contribution in [1.82, 2.24) is 0 Å². The summed E-state index contributed by atoms with van der Waals surface area (Å²) in [6.45, 7) is 2.90. The van der Waals surface area contributed by atoms with Crippen LogP contribution in [0.5, 0.6) is 0 Å². The Balaban J connectivity index is 2.13. The summed E-state index contributed by atoms with van der Waals surface area (Å²) < 4.78 is 5.15. The quantitative estimate of drug-likeness (QED) is 0.416. The van der Waals surface area contributed by atoms with E-state index in [0.717, 1.165) is 19.7 Å². The van der Waals surface area contributed by atoms with Crippen LogP contribution < -0.4 is 5.32 Å². The van der Waals surface area contributed by atoms with E-state index in [1.165, 1.54) is 0 Å². The van der Waals surface area contributed by atoms with Crippen molar-refractivity contribution in [1.29, 1.82) is 0 Å². The van der Waals surface area contributed by atoms with Gasteiger partial charge in [-0.25, -0.2) is 0 Å². The van der Waals surface area contributed by atoms with Crippen molar-refractivity contribution in [2.75, 3.05) is 26.3 Å². The first-order valence-corrected chi connectivity index (χ1v) is 2.97. The van der Waals surface area contributed by atoms with Crippen LogP contribution in [0.1, 0.15) is 0 Å². The zero-order valence-corrected chi connectivity index (χ0v) is 4.84. The lowest BCUT2D eigenvalue weighted by atomic mass is 10.3. The maximum absolute atomic E-state index is 8.55. The van der Waals surface area contributed by atoms with E-state index < -0.39 is 0 Å². The maximum Gasteiger partial charge on any atom is 0.129 e. The molecule has 0 aromatic rings. The highest BCUT2D eigenvalue weighted by Gasteiger charge is 2.13. The van der Waals surface area contributed by atoms with Crippen LogP contribution in [0.3, 0.4) is 0 Å². The first-order valence-electron chi connectivity index (χ1n) is 2.97. The van der Waals surface area contributed by atoms with Gasteiger partial charge in [0.2, 0.25) is 0 Å². The summed E-state index contributed by atoms with van der Waals surface area (Å²) in [4.78, 5) is 0. The maximum atomic E-state index is 8.55. The molecule has 1 fully saturated rings. The SMILES string of the molecule is OC[C@H]1C[NH2+]CCO1. The average molecular weight is 118 g/mol. The van der Waals surface area contributed by atoms with E-state index in [1.807, 2.05) is 0 Å². The third kappa shape index (κ3) is 1.43. The molecule has 3 heteroatoms. The molecular weight excluding hydrogens is 106 g/mol. The molecule has 1 aliphatic rings. The van der Waals surface area contributed by atoms with Crippen molar-refractivity contribution in [3.05, 3.63) is 0 Å². The van der Waals surface area contributed by atoms with Gasteiger partial charge in [0.05, 0.1) is 19.8 Å². The van der Waals surface area contributed by atoms with Crippen LogP contribution in [0.4, 0.5) is 0 Å². The molecule has 0 aromatic carbocycles. The Bertz CT molecular complexity index is 61.4. The smallest absolute Gasteiger partial charge is 0.129 e. The summed E-state index contributed by atoms with van der Waals surface area (Å²) in [6.07, 6.45) is 0.0868. The number of aliphatic hydroxyl groups excluding tert-OH is 1. The molecule has 3 N–H and O–H groups in total. The molecule has 0 unspecified atom stereocenters.